The second kappa shape index (κ2) is 10.3. The van der Waals surface area contributed by atoms with Gasteiger partial charge in [-0.1, -0.05) is 20.8 Å². The van der Waals surface area contributed by atoms with Crippen LogP contribution in [0.25, 0.3) is 0 Å². The first-order valence-corrected chi connectivity index (χ1v) is 8.01. The zero-order chi connectivity index (χ0) is 17.4. The summed E-state index contributed by atoms with van der Waals surface area (Å²) in [5, 5.41) is 3.23. The molecular formula is C19H27N3O3. The molecule has 0 atom stereocenters. The molecule has 25 heavy (non-hydrogen) atoms. The number of hydrogen-bond donors (Lipinski definition) is 1. The van der Waals surface area contributed by atoms with Crippen LogP contribution in [0.5, 0.6) is 11.5 Å². The Morgan fingerprint density at radius 1 is 1.24 bits per heavy atom. The Kier molecular flexibility index (Phi) is 8.39. The highest BCUT2D eigenvalue weighted by molar-refractivity contribution is 5.97. The first-order chi connectivity index (χ1) is 11.6. The Morgan fingerprint density at radius 2 is 1.96 bits per heavy atom. The van der Waals surface area contributed by atoms with Gasteiger partial charge in [-0.25, -0.2) is 9.97 Å². The van der Waals surface area contributed by atoms with Gasteiger partial charge in [0.1, 0.15) is 11.6 Å². The van der Waals surface area contributed by atoms with Crippen molar-refractivity contribution in [1.29, 1.82) is 0 Å². The highest BCUT2D eigenvalue weighted by Gasteiger charge is 2.11. The summed E-state index contributed by atoms with van der Waals surface area (Å²) in [5.41, 5.74) is 0.573. The number of carbonyl (C=O) groups excluding carboxylic acids is 1. The third kappa shape index (κ3) is 6.06. The first kappa shape index (κ1) is 20.4. The molecule has 0 aliphatic heterocycles. The molecule has 0 unspecified atom stereocenters. The molecule has 1 aromatic carbocycles. The fraction of sp³-hybridized carbons (Fsp3) is 0.421. The van der Waals surface area contributed by atoms with Crippen molar-refractivity contribution >= 4 is 11.6 Å². The molecule has 2 aromatic rings. The lowest BCUT2D eigenvalue weighted by molar-refractivity contribution is 0.0921. The van der Waals surface area contributed by atoms with Crippen LogP contribution in [0.15, 0.2) is 30.5 Å². The molecule has 136 valence electrons. The molecular weight excluding hydrogens is 318 g/mol. The second-order valence-corrected chi connectivity index (χ2v) is 5.35. The van der Waals surface area contributed by atoms with E-state index in [0.717, 1.165) is 19.4 Å². The van der Waals surface area contributed by atoms with Gasteiger partial charge in [-0.3, -0.25) is 4.79 Å². The number of aryl methyl sites for hydroxylation is 1. The molecule has 0 aliphatic rings. The third-order valence-electron chi connectivity index (χ3n) is 3.47. The summed E-state index contributed by atoms with van der Waals surface area (Å²) in [6, 6.07) is 6.94. The Hall–Kier alpha value is -2.63. The number of nitrogens with one attached hydrogen (secondary N) is 1. The summed E-state index contributed by atoms with van der Waals surface area (Å²) in [5.74, 6) is 2.36. The van der Waals surface area contributed by atoms with E-state index in [1.165, 1.54) is 0 Å². The van der Waals surface area contributed by atoms with Crippen molar-refractivity contribution in [3.8, 4) is 11.5 Å². The van der Waals surface area contributed by atoms with Gasteiger partial charge >= 0.3 is 0 Å². The van der Waals surface area contributed by atoms with Gasteiger partial charge in [0, 0.05) is 12.1 Å². The van der Waals surface area contributed by atoms with Crippen LogP contribution in [0.3, 0.4) is 0 Å². The molecule has 6 heteroatoms. The fourth-order valence-electron chi connectivity index (χ4n) is 2.08. The number of ketones is 1. The summed E-state index contributed by atoms with van der Waals surface area (Å²) in [4.78, 5) is 20.7. The van der Waals surface area contributed by atoms with Crippen molar-refractivity contribution in [2.45, 2.75) is 34.1 Å². The van der Waals surface area contributed by atoms with E-state index in [0.29, 0.717) is 28.7 Å². The molecule has 1 N–H and O–H groups in total. The molecule has 0 aliphatic carbocycles. The largest absolute Gasteiger partial charge is 0.497 e. The number of carbonyl (C=O) groups is 1. The summed E-state index contributed by atoms with van der Waals surface area (Å²) in [6.07, 6.45) is 3.72. The minimum absolute atomic E-state index is 0. The molecule has 0 bridgehead atoms. The summed E-state index contributed by atoms with van der Waals surface area (Å²) < 4.78 is 10.7. The lowest BCUT2D eigenvalue weighted by Gasteiger charge is -2.12. The van der Waals surface area contributed by atoms with E-state index < -0.39 is 0 Å². The van der Waals surface area contributed by atoms with Crippen LogP contribution in [-0.2, 0) is 0 Å². The molecule has 6 nitrogen and oxygen atoms in total. The van der Waals surface area contributed by atoms with Crippen LogP contribution < -0.4 is 14.8 Å². The normalized spacial score (nSPS) is 9.88. The molecule has 1 heterocycles. The maximum atomic E-state index is 12.2. The minimum Gasteiger partial charge on any atom is -0.497 e. The van der Waals surface area contributed by atoms with Gasteiger partial charge in [0.25, 0.3) is 0 Å². The van der Waals surface area contributed by atoms with E-state index in [2.05, 4.69) is 22.2 Å². The molecule has 0 fully saturated rings. The van der Waals surface area contributed by atoms with Crippen LogP contribution in [-0.4, -0.2) is 36.0 Å². The van der Waals surface area contributed by atoms with Gasteiger partial charge < -0.3 is 14.8 Å². The summed E-state index contributed by atoms with van der Waals surface area (Å²) >= 11 is 0. The fourth-order valence-corrected chi connectivity index (χ4v) is 2.08. The van der Waals surface area contributed by atoms with Crippen molar-refractivity contribution in [2.24, 2.45) is 0 Å². The third-order valence-corrected chi connectivity index (χ3v) is 3.47. The zero-order valence-electron chi connectivity index (χ0n) is 14.3. The highest BCUT2D eigenvalue weighted by atomic mass is 16.5. The molecule has 0 amide bonds. The van der Waals surface area contributed by atoms with E-state index in [9.17, 15) is 4.79 Å². The Bertz CT molecular complexity index is 672. The predicted octanol–water partition coefficient (Wildman–Crippen LogP) is 3.90. The molecule has 0 saturated heterocycles. The molecule has 2 rings (SSSR count). The van der Waals surface area contributed by atoms with E-state index in [1.54, 1.807) is 37.6 Å². The lowest BCUT2D eigenvalue weighted by Crippen LogP contribution is -2.14. The number of anilines is 1. The highest BCUT2D eigenvalue weighted by Crippen LogP contribution is 2.21. The number of unbranched alkanes of at least 4 members (excludes halogenated alkanes) is 1. The first-order valence-electron chi connectivity index (χ1n) is 8.01. The van der Waals surface area contributed by atoms with Crippen LogP contribution in [0, 0.1) is 6.92 Å². The number of aromatic nitrogens is 2. The maximum absolute atomic E-state index is 12.2. The monoisotopic (exact) mass is 345 g/mol. The average molecular weight is 345 g/mol. The Morgan fingerprint density at radius 3 is 2.60 bits per heavy atom. The van der Waals surface area contributed by atoms with Gasteiger partial charge in [0.2, 0.25) is 0 Å². The van der Waals surface area contributed by atoms with Crippen LogP contribution in [0.2, 0.25) is 0 Å². The summed E-state index contributed by atoms with van der Waals surface area (Å²) in [7, 11) is 1.59. The lowest BCUT2D eigenvalue weighted by atomic mass is 10.1. The quantitative estimate of drug-likeness (QED) is 0.549. The van der Waals surface area contributed by atoms with E-state index in [-0.39, 0.29) is 19.8 Å². The number of rotatable bonds is 9. The number of nitrogens with zero attached hydrogens (tertiary/aromatic N) is 2. The number of benzene rings is 1. The predicted molar refractivity (Wildman–Crippen MR) is 99.7 cm³/mol. The summed E-state index contributed by atoms with van der Waals surface area (Å²) in [6.45, 7) is 4.67. The number of methoxy groups -OCH3 is 1. The van der Waals surface area contributed by atoms with Crippen molar-refractivity contribution in [2.75, 3.05) is 25.6 Å². The molecule has 0 saturated carbocycles. The number of Topliss-reactive ketones (excluding diaryl/α,β-unsaturated/α-hetero) is 1. The van der Waals surface area contributed by atoms with Gasteiger partial charge in [-0.15, -0.1) is 0 Å². The zero-order valence-corrected chi connectivity index (χ0v) is 14.3. The average Bonchev–Trinajstić information content (AvgIpc) is 2.61. The van der Waals surface area contributed by atoms with Gasteiger partial charge in [0.15, 0.2) is 24.0 Å². The van der Waals surface area contributed by atoms with Crippen LogP contribution >= 0.6 is 0 Å². The standard InChI is InChI=1S/C18H23N3O3.CH4/c1-4-5-10-19-18-17(11-20-13(2)21-18)24-12-16(22)14-6-8-15(23-3)9-7-14;/h6-9,11H,4-5,10,12H2,1-3H3,(H,19,20,21);1H4. The Balaban J connectivity index is 0.00000312. The van der Waals surface area contributed by atoms with Gasteiger partial charge in [-0.05, 0) is 37.6 Å². The maximum Gasteiger partial charge on any atom is 0.200 e. The van der Waals surface area contributed by atoms with E-state index >= 15 is 0 Å². The van der Waals surface area contributed by atoms with Gasteiger partial charge in [-0.2, -0.15) is 0 Å². The number of ether oxygens (including phenoxy) is 2. The number of hydrogen-bond acceptors (Lipinski definition) is 6. The van der Waals surface area contributed by atoms with E-state index in [4.69, 9.17) is 9.47 Å². The van der Waals surface area contributed by atoms with Crippen molar-refractivity contribution in [1.82, 2.24) is 9.97 Å². The smallest absolute Gasteiger partial charge is 0.200 e. The van der Waals surface area contributed by atoms with Gasteiger partial charge in [0.05, 0.1) is 13.3 Å². The molecule has 0 radical (unpaired) electrons. The minimum atomic E-state index is -0.113. The Labute approximate surface area is 149 Å². The van der Waals surface area contributed by atoms with Crippen molar-refractivity contribution < 1.29 is 14.3 Å². The van der Waals surface area contributed by atoms with Crippen LogP contribution in [0.4, 0.5) is 5.82 Å². The van der Waals surface area contributed by atoms with Crippen LogP contribution in [0.1, 0.15) is 43.4 Å². The van der Waals surface area contributed by atoms with Crippen molar-refractivity contribution in [3.63, 3.8) is 0 Å². The SMILES string of the molecule is C.CCCCNc1nc(C)ncc1OCC(=O)c1ccc(OC)cc1. The molecule has 1 aromatic heterocycles. The molecule has 0 spiro atoms. The van der Waals surface area contributed by atoms with Crippen molar-refractivity contribution in [3.05, 3.63) is 41.9 Å². The second-order valence-electron chi connectivity index (χ2n) is 5.35. The topological polar surface area (TPSA) is 73.3 Å². The van der Waals surface area contributed by atoms with E-state index in [1.807, 2.05) is 6.92 Å².